The van der Waals surface area contributed by atoms with E-state index in [1.807, 2.05) is 12.1 Å². The number of hydrogen-bond acceptors (Lipinski definition) is 3. The largest absolute Gasteiger partial charge is 0.352 e. The Kier molecular flexibility index (Phi) is 8.23. The zero-order valence-electron chi connectivity index (χ0n) is 19.2. The van der Waals surface area contributed by atoms with Gasteiger partial charge in [-0.15, -0.1) is 0 Å². The molecule has 0 aromatic heterocycles. The Morgan fingerprint density at radius 1 is 0.875 bits per heavy atom. The Morgan fingerprint density at radius 2 is 1.47 bits per heavy atom. The number of rotatable bonds is 7. The van der Waals surface area contributed by atoms with Crippen LogP contribution in [0.3, 0.4) is 0 Å². The summed E-state index contributed by atoms with van der Waals surface area (Å²) in [4.78, 5) is 17.7. The Hall–Kier alpha value is -1.88. The number of amides is 1. The molecule has 2 heterocycles. The van der Waals surface area contributed by atoms with Gasteiger partial charge in [-0.1, -0.05) is 54.9 Å². The maximum absolute atomic E-state index is 12.8. The van der Waals surface area contributed by atoms with Crippen LogP contribution in [0.2, 0.25) is 5.02 Å². The minimum Gasteiger partial charge on any atom is -0.352 e. The van der Waals surface area contributed by atoms with E-state index < -0.39 is 0 Å². The maximum Gasteiger partial charge on any atom is 0.223 e. The number of carbonyl (C=O) groups excluding carboxylic acids is 1. The van der Waals surface area contributed by atoms with Crippen LogP contribution < -0.4 is 5.32 Å². The molecule has 5 heteroatoms. The highest BCUT2D eigenvalue weighted by Gasteiger charge is 2.24. The van der Waals surface area contributed by atoms with E-state index in [1.165, 1.54) is 42.6 Å². The third kappa shape index (κ3) is 6.81. The number of halogens is 1. The highest BCUT2D eigenvalue weighted by molar-refractivity contribution is 6.30. The topological polar surface area (TPSA) is 35.6 Å². The number of nitrogens with one attached hydrogen (secondary N) is 1. The molecule has 2 aliphatic rings. The van der Waals surface area contributed by atoms with Gasteiger partial charge in [0.05, 0.1) is 0 Å². The average Bonchev–Trinajstić information content (AvgIpc) is 2.81. The molecular weight excluding hydrogens is 418 g/mol. The summed E-state index contributed by atoms with van der Waals surface area (Å²) in [5.74, 6) is 1.18. The molecule has 4 rings (SSSR count). The van der Waals surface area contributed by atoms with Crippen molar-refractivity contribution in [3.8, 4) is 0 Å². The van der Waals surface area contributed by atoms with Crippen molar-refractivity contribution in [2.24, 2.45) is 11.8 Å². The van der Waals surface area contributed by atoms with E-state index >= 15 is 0 Å². The molecule has 2 saturated heterocycles. The van der Waals surface area contributed by atoms with Crippen molar-refractivity contribution in [2.45, 2.75) is 52.2 Å². The molecule has 2 aromatic rings. The van der Waals surface area contributed by atoms with Crippen molar-refractivity contribution in [2.75, 3.05) is 26.2 Å². The van der Waals surface area contributed by atoms with Crippen LogP contribution in [0, 0.1) is 11.8 Å². The molecule has 0 unspecified atom stereocenters. The molecule has 1 N–H and O–H groups in total. The predicted octanol–water partition coefficient (Wildman–Crippen LogP) is 5.10. The van der Waals surface area contributed by atoms with Crippen LogP contribution in [0.25, 0.3) is 0 Å². The lowest BCUT2D eigenvalue weighted by Crippen LogP contribution is -2.40. The summed E-state index contributed by atoms with van der Waals surface area (Å²) in [5, 5.41) is 3.96. The number of hydrogen-bond donors (Lipinski definition) is 1. The van der Waals surface area contributed by atoms with Crippen molar-refractivity contribution in [3.05, 3.63) is 70.2 Å². The monoisotopic (exact) mass is 453 g/mol. The second-order valence-corrected chi connectivity index (χ2v) is 10.1. The number of benzene rings is 2. The number of likely N-dealkylation sites (tertiary alicyclic amines) is 2. The fourth-order valence-corrected chi connectivity index (χ4v) is 4.98. The summed E-state index contributed by atoms with van der Waals surface area (Å²) < 4.78 is 0. The van der Waals surface area contributed by atoms with Crippen LogP contribution in [-0.4, -0.2) is 41.9 Å². The zero-order valence-corrected chi connectivity index (χ0v) is 20.0. The molecule has 0 atom stereocenters. The van der Waals surface area contributed by atoms with Gasteiger partial charge in [-0.3, -0.25) is 14.6 Å². The maximum atomic E-state index is 12.8. The summed E-state index contributed by atoms with van der Waals surface area (Å²) >= 11 is 5.98. The van der Waals surface area contributed by atoms with Crippen LogP contribution in [0.1, 0.15) is 49.3 Å². The molecule has 2 aromatic carbocycles. The number of carbonyl (C=O) groups is 1. The lowest BCUT2D eigenvalue weighted by Gasteiger charge is -2.31. The van der Waals surface area contributed by atoms with Crippen LogP contribution in [0.5, 0.6) is 0 Å². The summed E-state index contributed by atoms with van der Waals surface area (Å²) in [7, 11) is 0. The Morgan fingerprint density at radius 3 is 2.16 bits per heavy atom. The van der Waals surface area contributed by atoms with Gasteiger partial charge in [0.15, 0.2) is 0 Å². The molecule has 2 aliphatic heterocycles. The molecular formula is C27H36ClN3O. The van der Waals surface area contributed by atoms with Gasteiger partial charge in [-0.05, 0) is 86.6 Å². The van der Waals surface area contributed by atoms with E-state index in [0.29, 0.717) is 6.54 Å². The number of nitrogens with zero attached hydrogens (tertiary/aromatic N) is 2. The molecule has 0 saturated carbocycles. The molecule has 2 fully saturated rings. The van der Waals surface area contributed by atoms with Gasteiger partial charge in [-0.25, -0.2) is 0 Å². The fraction of sp³-hybridized carbons (Fsp3) is 0.519. The van der Waals surface area contributed by atoms with Gasteiger partial charge >= 0.3 is 0 Å². The van der Waals surface area contributed by atoms with E-state index in [2.05, 4.69) is 58.4 Å². The molecule has 0 spiro atoms. The highest BCUT2D eigenvalue weighted by Crippen LogP contribution is 2.21. The lowest BCUT2D eigenvalue weighted by molar-refractivity contribution is -0.126. The molecule has 172 valence electrons. The van der Waals surface area contributed by atoms with Crippen molar-refractivity contribution in [1.82, 2.24) is 15.1 Å². The second kappa shape index (κ2) is 11.3. The summed E-state index contributed by atoms with van der Waals surface area (Å²) in [5.41, 5.74) is 3.82. The average molecular weight is 454 g/mol. The van der Waals surface area contributed by atoms with Gasteiger partial charge in [-0.2, -0.15) is 0 Å². The van der Waals surface area contributed by atoms with Crippen LogP contribution >= 0.6 is 11.6 Å². The van der Waals surface area contributed by atoms with Gasteiger partial charge in [0.2, 0.25) is 5.91 Å². The predicted molar refractivity (Wildman–Crippen MR) is 131 cm³/mol. The smallest absolute Gasteiger partial charge is 0.223 e. The van der Waals surface area contributed by atoms with E-state index in [0.717, 1.165) is 50.0 Å². The third-order valence-electron chi connectivity index (χ3n) is 7.02. The van der Waals surface area contributed by atoms with E-state index in [1.54, 1.807) is 0 Å². The molecule has 4 nitrogen and oxygen atoms in total. The first-order chi connectivity index (χ1) is 15.5. The molecule has 32 heavy (non-hydrogen) atoms. The fourth-order valence-electron chi connectivity index (χ4n) is 4.85. The van der Waals surface area contributed by atoms with Crippen molar-refractivity contribution in [3.63, 3.8) is 0 Å². The first kappa shape index (κ1) is 23.3. The minimum atomic E-state index is 0.120. The molecule has 0 aliphatic carbocycles. The van der Waals surface area contributed by atoms with Crippen molar-refractivity contribution >= 4 is 17.5 Å². The normalized spacial score (nSPS) is 19.2. The van der Waals surface area contributed by atoms with Crippen molar-refractivity contribution < 1.29 is 4.79 Å². The third-order valence-corrected chi connectivity index (χ3v) is 7.27. The van der Waals surface area contributed by atoms with Gasteiger partial charge < -0.3 is 5.32 Å². The summed E-state index contributed by atoms with van der Waals surface area (Å²) in [6.45, 7) is 9.22. The van der Waals surface area contributed by atoms with Crippen LogP contribution in [0.15, 0.2) is 48.5 Å². The van der Waals surface area contributed by atoms with Crippen LogP contribution in [-0.2, 0) is 24.4 Å². The van der Waals surface area contributed by atoms with Gasteiger partial charge in [0.1, 0.15) is 0 Å². The quantitative estimate of drug-likeness (QED) is 0.633. The summed E-state index contributed by atoms with van der Waals surface area (Å²) in [6, 6.07) is 16.8. The summed E-state index contributed by atoms with van der Waals surface area (Å²) in [6.07, 6.45) is 4.45. The van der Waals surface area contributed by atoms with Gasteiger partial charge in [0.25, 0.3) is 0 Å². The minimum absolute atomic E-state index is 0.120. The molecule has 0 bridgehead atoms. The second-order valence-electron chi connectivity index (χ2n) is 9.67. The first-order valence-electron chi connectivity index (χ1n) is 12.1. The Balaban J connectivity index is 1.20. The first-order valence-corrected chi connectivity index (χ1v) is 12.5. The lowest BCUT2D eigenvalue weighted by atomic mass is 9.95. The Labute approximate surface area is 197 Å². The van der Waals surface area contributed by atoms with E-state index in [4.69, 9.17) is 11.6 Å². The highest BCUT2D eigenvalue weighted by atomic mass is 35.5. The standard InChI is InChI=1S/C27H36ClN3O/c1-21-9-13-30(14-10-21)20-24-4-2-3-23(17-24)18-29-27(32)25-11-15-31(16-12-25)19-22-5-7-26(28)8-6-22/h2-8,17,21,25H,9-16,18-20H2,1H3,(H,29,32). The number of piperidine rings is 2. The molecule has 0 radical (unpaired) electrons. The molecule has 1 amide bonds. The SMILES string of the molecule is CC1CCN(Cc2cccc(CNC(=O)C3CCN(Cc4ccc(Cl)cc4)CC3)c2)CC1. The van der Waals surface area contributed by atoms with E-state index in [-0.39, 0.29) is 11.8 Å². The van der Waals surface area contributed by atoms with Crippen molar-refractivity contribution in [1.29, 1.82) is 0 Å². The van der Waals surface area contributed by atoms with Gasteiger partial charge in [0, 0.05) is 30.6 Å². The van der Waals surface area contributed by atoms with Crippen LogP contribution in [0.4, 0.5) is 0 Å². The Bertz CT molecular complexity index is 869. The van der Waals surface area contributed by atoms with E-state index in [9.17, 15) is 4.79 Å². The zero-order chi connectivity index (χ0) is 22.3.